The van der Waals surface area contributed by atoms with Gasteiger partial charge in [-0.25, -0.2) is 0 Å². The van der Waals surface area contributed by atoms with E-state index < -0.39 is 0 Å². The third-order valence-electron chi connectivity index (χ3n) is 2.99. The molecule has 0 spiro atoms. The van der Waals surface area contributed by atoms with Crippen molar-refractivity contribution in [3.8, 4) is 28.7 Å². The maximum atomic E-state index is 5.81. The van der Waals surface area contributed by atoms with Crippen molar-refractivity contribution >= 4 is 6.08 Å². The predicted molar refractivity (Wildman–Crippen MR) is 82.7 cm³/mol. The summed E-state index contributed by atoms with van der Waals surface area (Å²) in [4.78, 5) is 0. The van der Waals surface area contributed by atoms with Crippen molar-refractivity contribution in [2.45, 2.75) is 0 Å². The van der Waals surface area contributed by atoms with Gasteiger partial charge in [-0.2, -0.15) is 0 Å². The van der Waals surface area contributed by atoms with Crippen molar-refractivity contribution in [2.75, 3.05) is 21.3 Å². The molecule has 0 amide bonds. The summed E-state index contributed by atoms with van der Waals surface area (Å²) in [5.41, 5.74) is 1.03. The molecule has 0 fully saturated rings. The summed E-state index contributed by atoms with van der Waals surface area (Å²) in [7, 11) is 4.70. The Bertz CT molecular complexity index is 592. The van der Waals surface area contributed by atoms with E-state index in [0.717, 1.165) is 11.3 Å². The van der Waals surface area contributed by atoms with Crippen LogP contribution in [0.1, 0.15) is 5.56 Å². The highest BCUT2D eigenvalue weighted by Gasteiger charge is 2.14. The van der Waals surface area contributed by atoms with Crippen LogP contribution in [0.15, 0.2) is 43.0 Å². The lowest BCUT2D eigenvalue weighted by Crippen LogP contribution is -1.96. The summed E-state index contributed by atoms with van der Waals surface area (Å²) in [6.45, 7) is 3.72. The Balaban J connectivity index is 2.32. The van der Waals surface area contributed by atoms with Gasteiger partial charge >= 0.3 is 0 Å². The van der Waals surface area contributed by atoms with Gasteiger partial charge in [-0.05, 0) is 17.7 Å². The first kappa shape index (κ1) is 14.8. The standard InChI is InChI=1S/C17H18O4/c1-5-12-6-8-13(9-7-12)21-14-10-15(18-2)17(20-4)16(11-14)19-3/h5-11H,1H2,2-4H3. The summed E-state index contributed by atoms with van der Waals surface area (Å²) in [5.74, 6) is 2.96. The van der Waals surface area contributed by atoms with E-state index in [1.54, 1.807) is 39.5 Å². The van der Waals surface area contributed by atoms with Crippen molar-refractivity contribution in [3.05, 3.63) is 48.5 Å². The molecule has 2 aromatic rings. The highest BCUT2D eigenvalue weighted by molar-refractivity contribution is 5.56. The van der Waals surface area contributed by atoms with Gasteiger partial charge in [-0.1, -0.05) is 24.8 Å². The van der Waals surface area contributed by atoms with Crippen molar-refractivity contribution in [1.82, 2.24) is 0 Å². The molecule has 0 atom stereocenters. The lowest BCUT2D eigenvalue weighted by atomic mass is 10.2. The predicted octanol–water partition coefficient (Wildman–Crippen LogP) is 4.15. The highest BCUT2D eigenvalue weighted by Crippen LogP contribution is 2.41. The van der Waals surface area contributed by atoms with Crippen molar-refractivity contribution in [1.29, 1.82) is 0 Å². The quantitative estimate of drug-likeness (QED) is 0.799. The molecule has 0 heterocycles. The fraction of sp³-hybridized carbons (Fsp3) is 0.176. The van der Waals surface area contributed by atoms with Crippen LogP contribution in [0.25, 0.3) is 6.08 Å². The van der Waals surface area contributed by atoms with E-state index in [2.05, 4.69) is 6.58 Å². The van der Waals surface area contributed by atoms with Crippen LogP contribution in [0, 0.1) is 0 Å². The zero-order valence-corrected chi connectivity index (χ0v) is 12.4. The fourth-order valence-electron chi connectivity index (χ4n) is 1.92. The summed E-state index contributed by atoms with van der Waals surface area (Å²) in [5, 5.41) is 0. The van der Waals surface area contributed by atoms with E-state index in [-0.39, 0.29) is 0 Å². The molecule has 2 rings (SSSR count). The summed E-state index contributed by atoms with van der Waals surface area (Å²) in [6, 6.07) is 11.1. The first-order valence-electron chi connectivity index (χ1n) is 6.42. The number of methoxy groups -OCH3 is 3. The number of hydrogen-bond donors (Lipinski definition) is 0. The molecule has 110 valence electrons. The molecule has 0 N–H and O–H groups in total. The van der Waals surface area contributed by atoms with Crippen molar-refractivity contribution in [3.63, 3.8) is 0 Å². The van der Waals surface area contributed by atoms with Gasteiger partial charge < -0.3 is 18.9 Å². The smallest absolute Gasteiger partial charge is 0.203 e. The SMILES string of the molecule is C=Cc1ccc(Oc2cc(OC)c(OC)c(OC)c2)cc1. The van der Waals surface area contributed by atoms with Crippen LogP contribution in [0.4, 0.5) is 0 Å². The second kappa shape index (κ2) is 6.70. The summed E-state index contributed by atoms with van der Waals surface area (Å²) >= 11 is 0. The van der Waals surface area contributed by atoms with Crippen LogP contribution in [0.5, 0.6) is 28.7 Å². The minimum Gasteiger partial charge on any atom is -0.493 e. The third kappa shape index (κ3) is 3.28. The minimum atomic E-state index is 0.536. The van der Waals surface area contributed by atoms with Gasteiger partial charge in [0, 0.05) is 12.1 Å². The van der Waals surface area contributed by atoms with Crippen LogP contribution in [0.2, 0.25) is 0 Å². The van der Waals surface area contributed by atoms with Gasteiger partial charge in [-0.3, -0.25) is 0 Å². The number of rotatable bonds is 6. The van der Waals surface area contributed by atoms with Crippen LogP contribution in [-0.4, -0.2) is 21.3 Å². The summed E-state index contributed by atoms with van der Waals surface area (Å²) < 4.78 is 21.7. The Morgan fingerprint density at radius 3 is 1.81 bits per heavy atom. The molecule has 2 aromatic carbocycles. The maximum absolute atomic E-state index is 5.81. The number of benzene rings is 2. The molecule has 0 aromatic heterocycles. The Kier molecular flexibility index (Phi) is 4.72. The lowest BCUT2D eigenvalue weighted by molar-refractivity contribution is 0.321. The van der Waals surface area contributed by atoms with Crippen molar-refractivity contribution < 1.29 is 18.9 Å². The van der Waals surface area contributed by atoms with E-state index in [1.807, 2.05) is 24.3 Å². The molecule has 4 nitrogen and oxygen atoms in total. The van der Waals surface area contributed by atoms with E-state index in [0.29, 0.717) is 23.0 Å². The number of hydrogen-bond acceptors (Lipinski definition) is 4. The van der Waals surface area contributed by atoms with Gasteiger partial charge in [0.15, 0.2) is 11.5 Å². The van der Waals surface area contributed by atoms with Gasteiger partial charge in [0.25, 0.3) is 0 Å². The third-order valence-corrected chi connectivity index (χ3v) is 2.99. The van der Waals surface area contributed by atoms with Gasteiger partial charge in [0.1, 0.15) is 11.5 Å². The maximum Gasteiger partial charge on any atom is 0.203 e. The molecule has 0 saturated carbocycles. The molecule has 4 heteroatoms. The Hall–Kier alpha value is -2.62. The second-order valence-electron chi connectivity index (χ2n) is 4.24. The van der Waals surface area contributed by atoms with Crippen LogP contribution < -0.4 is 18.9 Å². The molecule has 0 unspecified atom stereocenters. The molecule has 0 radical (unpaired) electrons. The largest absolute Gasteiger partial charge is 0.493 e. The van der Waals surface area contributed by atoms with Gasteiger partial charge in [-0.15, -0.1) is 0 Å². The molecular formula is C17H18O4. The monoisotopic (exact) mass is 286 g/mol. The molecule has 0 bridgehead atoms. The highest BCUT2D eigenvalue weighted by atomic mass is 16.5. The van der Waals surface area contributed by atoms with E-state index in [4.69, 9.17) is 18.9 Å². The normalized spacial score (nSPS) is 9.86. The Morgan fingerprint density at radius 2 is 1.38 bits per heavy atom. The molecule has 0 saturated heterocycles. The zero-order chi connectivity index (χ0) is 15.2. The molecule has 0 aliphatic rings. The fourth-order valence-corrected chi connectivity index (χ4v) is 1.92. The average Bonchev–Trinajstić information content (AvgIpc) is 2.54. The van der Waals surface area contributed by atoms with E-state index in [9.17, 15) is 0 Å². The van der Waals surface area contributed by atoms with E-state index in [1.165, 1.54) is 0 Å². The molecule has 21 heavy (non-hydrogen) atoms. The molecular weight excluding hydrogens is 268 g/mol. The second-order valence-corrected chi connectivity index (χ2v) is 4.24. The summed E-state index contributed by atoms with van der Waals surface area (Å²) in [6.07, 6.45) is 1.78. The van der Waals surface area contributed by atoms with Gasteiger partial charge in [0.05, 0.1) is 21.3 Å². The minimum absolute atomic E-state index is 0.536. The Morgan fingerprint density at radius 1 is 0.810 bits per heavy atom. The Labute approximate surface area is 124 Å². The first-order chi connectivity index (χ1) is 10.2. The lowest BCUT2D eigenvalue weighted by Gasteiger charge is -2.14. The van der Waals surface area contributed by atoms with Gasteiger partial charge in [0.2, 0.25) is 5.75 Å². The van der Waals surface area contributed by atoms with Crippen LogP contribution in [0.3, 0.4) is 0 Å². The number of ether oxygens (including phenoxy) is 4. The van der Waals surface area contributed by atoms with Crippen LogP contribution >= 0.6 is 0 Å². The van der Waals surface area contributed by atoms with Crippen LogP contribution in [-0.2, 0) is 0 Å². The topological polar surface area (TPSA) is 36.9 Å². The molecule has 0 aliphatic carbocycles. The average molecular weight is 286 g/mol. The zero-order valence-electron chi connectivity index (χ0n) is 12.4. The first-order valence-corrected chi connectivity index (χ1v) is 6.42. The van der Waals surface area contributed by atoms with E-state index >= 15 is 0 Å². The van der Waals surface area contributed by atoms with Crippen molar-refractivity contribution in [2.24, 2.45) is 0 Å². The molecule has 0 aliphatic heterocycles.